The molecular formula is C89H103N7O10. The number of nitrogens with zero attached hydrogens (tertiary/aromatic N) is 3. The molecule has 12 rings (SSSR count). The first-order valence-electron chi connectivity index (χ1n) is 34.5. The number of carbonyl (C=O) groups excluding carboxylic acids is 5. The van der Waals surface area contributed by atoms with Crippen LogP contribution in [0.5, 0.6) is 0 Å². The Hall–Kier alpha value is -12.2. The summed E-state index contributed by atoms with van der Waals surface area (Å²) in [5.41, 5.74) is 20.3. The molecule has 0 bridgehead atoms. The van der Waals surface area contributed by atoms with Crippen molar-refractivity contribution < 1.29 is 48.1 Å². The quantitative estimate of drug-likeness (QED) is 0.0270. The van der Waals surface area contributed by atoms with Crippen molar-refractivity contribution in [3.8, 4) is 0 Å². The zero-order chi connectivity index (χ0) is 74.3. The van der Waals surface area contributed by atoms with E-state index in [-0.39, 0.29) is 84.3 Å². The highest BCUT2D eigenvalue weighted by Gasteiger charge is 2.22. The number of pyridine rings is 3. The number of hydrogen-bond donors (Lipinski definition) is 5. The van der Waals surface area contributed by atoms with E-state index in [0.717, 1.165) is 77.1 Å². The topological polar surface area (TPSA) is 265 Å². The molecule has 0 spiro atoms. The van der Waals surface area contributed by atoms with Gasteiger partial charge in [0.25, 0.3) is 0 Å². The van der Waals surface area contributed by atoms with E-state index in [1.807, 2.05) is 201 Å². The van der Waals surface area contributed by atoms with Gasteiger partial charge in [-0.05, 0) is 153 Å². The van der Waals surface area contributed by atoms with Crippen molar-refractivity contribution >= 4 is 85.1 Å². The second kappa shape index (κ2) is 47.9. The average Bonchev–Trinajstić information content (AvgIpc) is 0.774. The third-order valence-electron chi connectivity index (χ3n) is 15.7. The van der Waals surface area contributed by atoms with Gasteiger partial charge in [-0.3, -0.25) is 29.3 Å². The van der Waals surface area contributed by atoms with Crippen LogP contribution in [0, 0.1) is 0 Å². The van der Waals surface area contributed by atoms with Crippen molar-refractivity contribution in [2.45, 2.75) is 128 Å². The molecule has 17 nitrogen and oxygen atoms in total. The molecule has 3 atom stereocenters. The fourth-order valence-electron chi connectivity index (χ4n) is 10.4. The van der Waals surface area contributed by atoms with Crippen LogP contribution in [0.1, 0.15) is 173 Å². The van der Waals surface area contributed by atoms with Crippen LogP contribution in [0.4, 0.5) is 17.1 Å². The van der Waals surface area contributed by atoms with Crippen molar-refractivity contribution in [2.75, 3.05) is 22.9 Å². The summed E-state index contributed by atoms with van der Waals surface area (Å²) in [5.74, 6) is -3.43. The molecule has 2 amide bonds. The molecule has 3 aromatic heterocycles. The lowest BCUT2D eigenvalue weighted by Gasteiger charge is -2.16. The van der Waals surface area contributed by atoms with E-state index in [1.165, 1.54) is 0 Å². The molecule has 7 N–H and O–H groups in total. The van der Waals surface area contributed by atoms with Gasteiger partial charge in [0.1, 0.15) is 19.8 Å². The summed E-state index contributed by atoms with van der Waals surface area (Å²) in [6, 6.07) is 71.7. The van der Waals surface area contributed by atoms with Gasteiger partial charge in [-0.25, -0.2) is 14.4 Å². The highest BCUT2D eigenvalue weighted by Crippen LogP contribution is 2.27. The zero-order valence-corrected chi connectivity index (χ0v) is 59.6. The number of aliphatic carboxylic acids is 1. The van der Waals surface area contributed by atoms with E-state index in [9.17, 15) is 28.8 Å². The van der Waals surface area contributed by atoms with E-state index in [0.29, 0.717) is 35.2 Å². The van der Waals surface area contributed by atoms with Gasteiger partial charge in [0.05, 0.1) is 34.4 Å². The summed E-state index contributed by atoms with van der Waals surface area (Å²) in [6.45, 7) is 16.5. The summed E-state index contributed by atoms with van der Waals surface area (Å²) < 4.78 is 16.0. The van der Waals surface area contributed by atoms with Gasteiger partial charge in [0, 0.05) is 76.9 Å². The Balaban J connectivity index is 0.000000371. The second-order valence-corrected chi connectivity index (χ2v) is 22.4. The largest absolute Gasteiger partial charge is 0.481 e. The van der Waals surface area contributed by atoms with Gasteiger partial charge in [-0.2, -0.15) is 0 Å². The van der Waals surface area contributed by atoms with E-state index in [1.54, 1.807) is 128 Å². The van der Waals surface area contributed by atoms with Gasteiger partial charge in [-0.1, -0.05) is 223 Å². The summed E-state index contributed by atoms with van der Waals surface area (Å²) in [4.78, 5) is 85.2. The predicted octanol–water partition coefficient (Wildman–Crippen LogP) is 20.4. The van der Waals surface area contributed by atoms with Crippen LogP contribution in [-0.4, -0.2) is 62.3 Å². The number of ether oxygens (including phenoxy) is 3. The SMILES string of the molecule is C.C.C.CC.CC.CC.CC[C@H](C(=O)Nc1ccc2cnccc2c1)c1ccc(COC(=O)c2ccccc2)cc1.CC[C@H](C(=O)O)c1ccc(COC(=O)c2ccccc2)cc1.NC[C@H](C(=O)Nc1ccc2cnccc2c1)c1ccc(COC(=O)c2ccccc2)cc1.Nc1ccc2cnccc2c1. The standard InChI is InChI=1S/C27H24N2O3.C26H23N3O3.C18H18O4.C9H8N2.3C2H6.3CH4/c1-2-25(26(30)29-24-13-12-23-17-28-15-14-22(23)16-24)20-10-8-19(9-11-20)18-32-27(31)21-6-4-3-5-7-21;27-15-24(25(30)29-23-11-10-22-16-28-13-12-21(22)14-23)19-8-6-18(7-9-19)17-32-26(31)20-4-2-1-3-5-20;1-2-16(17(19)20)14-10-8-13(9-11-14)12-22-18(21)15-6-4-3-5-7-15;10-9-2-1-8-6-11-4-3-7(8)5-9;3*1-2;;;/h3-17,25H,2,18H2,1H3,(H,29,30);1-14,16,24H,15,17,27H2,(H,29,30);3-11,16H,2,12H2,1H3,(H,19,20);1-6H,10H2;3*1-2H3;3*1H4/t25-;24-;16-;;;;;;;/m000......./s1. The smallest absolute Gasteiger partial charge is 0.338 e. The Morgan fingerprint density at radius 2 is 0.679 bits per heavy atom. The summed E-state index contributed by atoms with van der Waals surface area (Å²) in [5, 5.41) is 21.4. The lowest BCUT2D eigenvalue weighted by atomic mass is 9.94. The van der Waals surface area contributed by atoms with Gasteiger partial charge in [-0.15, -0.1) is 0 Å². The minimum atomic E-state index is -0.828. The minimum absolute atomic E-state index is 0. The first-order chi connectivity index (χ1) is 50.2. The van der Waals surface area contributed by atoms with Crippen molar-refractivity contribution in [2.24, 2.45) is 5.73 Å². The van der Waals surface area contributed by atoms with Gasteiger partial charge in [0.15, 0.2) is 0 Å². The maximum absolute atomic E-state index is 12.9. The number of carboxylic acids is 1. The molecule has 17 heteroatoms. The van der Waals surface area contributed by atoms with Crippen molar-refractivity contribution in [1.29, 1.82) is 0 Å². The highest BCUT2D eigenvalue weighted by atomic mass is 16.5. The van der Waals surface area contributed by atoms with E-state index in [2.05, 4.69) is 25.6 Å². The van der Waals surface area contributed by atoms with Crippen LogP contribution in [0.25, 0.3) is 32.3 Å². The zero-order valence-electron chi connectivity index (χ0n) is 59.6. The summed E-state index contributed by atoms with van der Waals surface area (Å²) in [7, 11) is 0. The molecule has 12 aromatic rings. The molecular weight excluding hydrogens is 1330 g/mol. The number of amides is 2. The Labute approximate surface area is 625 Å². The predicted molar refractivity (Wildman–Crippen MR) is 433 cm³/mol. The lowest BCUT2D eigenvalue weighted by Crippen LogP contribution is -2.27. The van der Waals surface area contributed by atoms with Gasteiger partial charge >= 0.3 is 23.9 Å². The van der Waals surface area contributed by atoms with Crippen LogP contribution < -0.4 is 22.1 Å². The molecule has 0 radical (unpaired) electrons. The molecule has 0 saturated heterocycles. The molecule has 0 aliphatic carbocycles. The first kappa shape index (κ1) is 88.0. The number of carbonyl (C=O) groups is 6. The molecule has 3 heterocycles. The van der Waals surface area contributed by atoms with Gasteiger partial charge in [0.2, 0.25) is 11.8 Å². The number of carboxylic acid groups (broad SMARTS) is 1. The molecule has 0 saturated carbocycles. The molecule has 0 unspecified atom stereocenters. The van der Waals surface area contributed by atoms with Crippen LogP contribution in [-0.2, 0) is 48.4 Å². The number of esters is 3. The molecule has 0 aliphatic heterocycles. The third kappa shape index (κ3) is 27.2. The number of rotatable bonds is 20. The monoisotopic (exact) mass is 1430 g/mol. The molecule has 0 aliphatic rings. The van der Waals surface area contributed by atoms with Crippen molar-refractivity contribution in [3.05, 3.63) is 324 Å². The van der Waals surface area contributed by atoms with Crippen molar-refractivity contribution in [3.63, 3.8) is 0 Å². The van der Waals surface area contributed by atoms with E-state index < -0.39 is 17.8 Å². The molecule has 0 fully saturated rings. The number of nitrogen functional groups attached to an aromatic ring is 1. The number of nitrogens with two attached hydrogens (primary N) is 2. The van der Waals surface area contributed by atoms with Crippen molar-refractivity contribution in [1.82, 2.24) is 15.0 Å². The summed E-state index contributed by atoms with van der Waals surface area (Å²) >= 11 is 0. The number of anilines is 3. The van der Waals surface area contributed by atoms with E-state index in [4.69, 9.17) is 30.8 Å². The number of aromatic nitrogens is 3. The highest BCUT2D eigenvalue weighted by molar-refractivity contribution is 5.99. The Bertz CT molecular complexity index is 4390. The average molecular weight is 1430 g/mol. The maximum Gasteiger partial charge on any atom is 0.338 e. The minimum Gasteiger partial charge on any atom is -0.481 e. The molecule has 9 aromatic carbocycles. The van der Waals surface area contributed by atoms with Crippen LogP contribution in [0.3, 0.4) is 0 Å². The van der Waals surface area contributed by atoms with Crippen LogP contribution in [0.15, 0.2) is 274 Å². The third-order valence-corrected chi connectivity index (χ3v) is 15.7. The molecule has 106 heavy (non-hydrogen) atoms. The number of nitrogens with one attached hydrogen (secondary N) is 2. The number of fused-ring (bicyclic) bond motifs is 3. The number of benzene rings is 9. The fraction of sp³-hybridized carbons (Fsp3) is 0.225. The maximum atomic E-state index is 12.9. The first-order valence-corrected chi connectivity index (χ1v) is 34.5. The number of hydrogen-bond acceptors (Lipinski definition) is 14. The van der Waals surface area contributed by atoms with Gasteiger partial charge < -0.3 is 41.4 Å². The lowest BCUT2D eigenvalue weighted by molar-refractivity contribution is -0.138. The van der Waals surface area contributed by atoms with Crippen LogP contribution in [0.2, 0.25) is 0 Å². The normalized spacial score (nSPS) is 10.7. The Kier molecular flexibility index (Phi) is 39.7. The van der Waals surface area contributed by atoms with Crippen LogP contribution >= 0.6 is 0 Å². The Morgan fingerprint density at radius 3 is 1.00 bits per heavy atom. The fourth-order valence-corrected chi connectivity index (χ4v) is 10.4. The Morgan fingerprint density at radius 1 is 0.377 bits per heavy atom. The van der Waals surface area contributed by atoms with E-state index >= 15 is 0 Å². The summed E-state index contributed by atoms with van der Waals surface area (Å²) in [6.07, 6.45) is 11.8. The second-order valence-electron chi connectivity index (χ2n) is 22.4. The molecule has 554 valence electrons.